The van der Waals surface area contributed by atoms with E-state index in [1.165, 1.54) is 11.3 Å². The number of amides is 2. The summed E-state index contributed by atoms with van der Waals surface area (Å²) in [5.74, 6) is -0.359. The van der Waals surface area contributed by atoms with Crippen LogP contribution in [0.4, 0.5) is 5.69 Å². The van der Waals surface area contributed by atoms with Crippen molar-refractivity contribution in [2.24, 2.45) is 0 Å². The van der Waals surface area contributed by atoms with Gasteiger partial charge in [0.1, 0.15) is 0 Å². The highest BCUT2D eigenvalue weighted by Gasteiger charge is 2.19. The summed E-state index contributed by atoms with van der Waals surface area (Å²) in [5.41, 5.74) is 1.91. The van der Waals surface area contributed by atoms with Crippen LogP contribution in [-0.4, -0.2) is 66.0 Å². The topological polar surface area (TPSA) is 74.8 Å². The molecule has 0 spiro atoms. The first-order chi connectivity index (χ1) is 16.6. The molecule has 178 valence electrons. The number of rotatable bonds is 9. The second-order valence-corrected chi connectivity index (χ2v) is 9.37. The van der Waals surface area contributed by atoms with Gasteiger partial charge in [0.2, 0.25) is 0 Å². The molecule has 1 aromatic carbocycles. The van der Waals surface area contributed by atoms with Crippen molar-refractivity contribution in [3.8, 4) is 0 Å². The van der Waals surface area contributed by atoms with Crippen LogP contribution in [0.1, 0.15) is 32.0 Å². The lowest BCUT2D eigenvalue weighted by Gasteiger charge is -2.28. The Bertz CT molecular complexity index is 1090. The lowest BCUT2D eigenvalue weighted by Crippen LogP contribution is -2.39. The number of carbonyl (C=O) groups excluding carboxylic acids is 2. The first-order valence-electron chi connectivity index (χ1n) is 11.2. The summed E-state index contributed by atoms with van der Waals surface area (Å²) in [4.78, 5) is 34.9. The summed E-state index contributed by atoms with van der Waals surface area (Å²) in [7, 11) is 0. The molecular formula is C25H27ClN4O3S. The minimum Gasteiger partial charge on any atom is -0.379 e. The zero-order valence-electron chi connectivity index (χ0n) is 18.8. The highest BCUT2D eigenvalue weighted by molar-refractivity contribution is 7.12. The molecule has 2 aromatic heterocycles. The number of nitrogens with one attached hydrogen (secondary N) is 1. The maximum atomic E-state index is 13.5. The zero-order valence-corrected chi connectivity index (χ0v) is 20.4. The number of pyridine rings is 1. The Labute approximate surface area is 208 Å². The van der Waals surface area contributed by atoms with Crippen LogP contribution in [0.25, 0.3) is 0 Å². The lowest BCUT2D eigenvalue weighted by atomic mass is 10.1. The SMILES string of the molecule is O=C(Nc1cc(C(=O)N(CCCN2CCOCC2)Cc2ccncc2)ccc1Cl)c1cccs1. The zero-order chi connectivity index (χ0) is 23.8. The number of carbonyl (C=O) groups is 2. The fraction of sp³-hybridized carbons (Fsp3) is 0.320. The molecule has 34 heavy (non-hydrogen) atoms. The Hall–Kier alpha value is -2.78. The van der Waals surface area contributed by atoms with Gasteiger partial charge in [0, 0.05) is 50.7 Å². The largest absolute Gasteiger partial charge is 0.379 e. The molecule has 3 aromatic rings. The normalized spacial score (nSPS) is 14.0. The number of aromatic nitrogens is 1. The van der Waals surface area contributed by atoms with Crippen LogP contribution in [0, 0.1) is 0 Å². The van der Waals surface area contributed by atoms with Crippen LogP contribution in [0.15, 0.2) is 60.2 Å². The van der Waals surface area contributed by atoms with E-state index in [9.17, 15) is 9.59 Å². The third-order valence-electron chi connectivity index (χ3n) is 5.62. The van der Waals surface area contributed by atoms with Gasteiger partial charge >= 0.3 is 0 Å². The second-order valence-electron chi connectivity index (χ2n) is 8.02. The van der Waals surface area contributed by atoms with Crippen molar-refractivity contribution in [1.29, 1.82) is 0 Å². The van der Waals surface area contributed by atoms with Crippen LogP contribution >= 0.6 is 22.9 Å². The summed E-state index contributed by atoms with van der Waals surface area (Å²) in [6.45, 7) is 5.34. The maximum Gasteiger partial charge on any atom is 0.265 e. The summed E-state index contributed by atoms with van der Waals surface area (Å²) in [6.07, 6.45) is 4.31. The summed E-state index contributed by atoms with van der Waals surface area (Å²) in [6, 6.07) is 12.4. The monoisotopic (exact) mass is 498 g/mol. The Morgan fingerprint density at radius 3 is 2.68 bits per heavy atom. The molecule has 2 amide bonds. The molecule has 1 aliphatic rings. The highest BCUT2D eigenvalue weighted by atomic mass is 35.5. The first-order valence-corrected chi connectivity index (χ1v) is 12.5. The number of morpholine rings is 1. The van der Waals surface area contributed by atoms with Crippen LogP contribution in [0.5, 0.6) is 0 Å². The molecule has 0 saturated carbocycles. The third kappa shape index (κ3) is 6.64. The Morgan fingerprint density at radius 2 is 1.94 bits per heavy atom. The molecule has 1 N–H and O–H groups in total. The van der Waals surface area contributed by atoms with Gasteiger partial charge in [-0.1, -0.05) is 17.7 Å². The Morgan fingerprint density at radius 1 is 1.15 bits per heavy atom. The molecule has 0 radical (unpaired) electrons. The number of anilines is 1. The minimum atomic E-state index is -0.249. The smallest absolute Gasteiger partial charge is 0.265 e. The molecular weight excluding hydrogens is 472 g/mol. The maximum absolute atomic E-state index is 13.5. The van der Waals surface area contributed by atoms with E-state index in [4.69, 9.17) is 16.3 Å². The van der Waals surface area contributed by atoms with Gasteiger partial charge < -0.3 is 15.0 Å². The molecule has 0 aliphatic carbocycles. The quantitative estimate of drug-likeness (QED) is 0.473. The molecule has 0 atom stereocenters. The van der Waals surface area contributed by atoms with E-state index in [-0.39, 0.29) is 11.8 Å². The van der Waals surface area contributed by atoms with E-state index in [0.29, 0.717) is 34.2 Å². The van der Waals surface area contributed by atoms with E-state index in [0.717, 1.165) is 44.8 Å². The van der Waals surface area contributed by atoms with Gasteiger partial charge in [-0.2, -0.15) is 0 Å². The van der Waals surface area contributed by atoms with Crippen molar-refractivity contribution in [2.75, 3.05) is 44.7 Å². The number of hydrogen-bond donors (Lipinski definition) is 1. The number of thiophene rings is 1. The van der Waals surface area contributed by atoms with Crippen LogP contribution in [-0.2, 0) is 11.3 Å². The highest BCUT2D eigenvalue weighted by Crippen LogP contribution is 2.25. The van der Waals surface area contributed by atoms with Gasteiger partial charge in [0.25, 0.3) is 11.8 Å². The summed E-state index contributed by atoms with van der Waals surface area (Å²) >= 11 is 7.67. The van der Waals surface area contributed by atoms with Crippen molar-refractivity contribution < 1.29 is 14.3 Å². The number of halogens is 1. The molecule has 0 unspecified atom stereocenters. The molecule has 9 heteroatoms. The van der Waals surface area contributed by atoms with Gasteiger partial charge in [-0.25, -0.2) is 0 Å². The fourth-order valence-corrected chi connectivity index (χ4v) is 4.58. The van der Waals surface area contributed by atoms with E-state index >= 15 is 0 Å². The molecule has 3 heterocycles. The van der Waals surface area contributed by atoms with Gasteiger partial charge in [-0.3, -0.25) is 19.5 Å². The molecule has 1 fully saturated rings. The van der Waals surface area contributed by atoms with Crippen LogP contribution in [0.2, 0.25) is 5.02 Å². The average molecular weight is 499 g/mol. The number of hydrogen-bond acceptors (Lipinski definition) is 6. The molecule has 1 saturated heterocycles. The van der Waals surface area contributed by atoms with Gasteiger partial charge in [-0.15, -0.1) is 11.3 Å². The van der Waals surface area contributed by atoms with Gasteiger partial charge in [0.05, 0.1) is 28.8 Å². The van der Waals surface area contributed by atoms with Crippen molar-refractivity contribution in [1.82, 2.24) is 14.8 Å². The van der Waals surface area contributed by atoms with Crippen molar-refractivity contribution in [3.63, 3.8) is 0 Å². The van der Waals surface area contributed by atoms with Crippen LogP contribution < -0.4 is 5.32 Å². The number of nitrogens with zero attached hydrogens (tertiary/aromatic N) is 3. The summed E-state index contributed by atoms with van der Waals surface area (Å²) in [5, 5.41) is 5.05. The first kappa shape index (κ1) is 24.3. The molecule has 4 rings (SSSR count). The Kier molecular flexibility index (Phi) is 8.65. The van der Waals surface area contributed by atoms with E-state index < -0.39 is 0 Å². The van der Waals surface area contributed by atoms with Crippen molar-refractivity contribution in [3.05, 3.63) is 81.3 Å². The van der Waals surface area contributed by atoms with Crippen molar-refractivity contribution in [2.45, 2.75) is 13.0 Å². The van der Waals surface area contributed by atoms with E-state index in [1.54, 1.807) is 36.7 Å². The molecule has 1 aliphatic heterocycles. The lowest BCUT2D eigenvalue weighted by molar-refractivity contribution is 0.0355. The third-order valence-corrected chi connectivity index (χ3v) is 6.82. The molecule has 7 nitrogen and oxygen atoms in total. The number of benzene rings is 1. The minimum absolute atomic E-state index is 0.109. The molecule has 0 bridgehead atoms. The van der Waals surface area contributed by atoms with E-state index in [1.807, 2.05) is 28.5 Å². The predicted molar refractivity (Wildman–Crippen MR) is 135 cm³/mol. The average Bonchev–Trinajstić information content (AvgIpc) is 3.41. The van der Waals surface area contributed by atoms with Gasteiger partial charge in [-0.05, 0) is 53.8 Å². The fourth-order valence-electron chi connectivity index (χ4n) is 3.80. The summed E-state index contributed by atoms with van der Waals surface area (Å²) < 4.78 is 5.42. The predicted octanol–water partition coefficient (Wildman–Crippen LogP) is 4.41. The number of ether oxygens (including phenoxy) is 1. The van der Waals surface area contributed by atoms with Crippen molar-refractivity contribution >= 4 is 40.4 Å². The van der Waals surface area contributed by atoms with Gasteiger partial charge in [0.15, 0.2) is 0 Å². The Balaban J connectivity index is 1.48. The van der Waals surface area contributed by atoms with Crippen LogP contribution in [0.3, 0.4) is 0 Å². The second kappa shape index (κ2) is 12.1. The van der Waals surface area contributed by atoms with E-state index in [2.05, 4.69) is 15.2 Å². The standard InChI is InChI=1S/C25H27ClN4O3S/c26-21-5-4-20(17-22(21)28-24(31)23-3-1-16-34-23)25(32)30(18-19-6-8-27-9-7-19)11-2-10-29-12-14-33-15-13-29/h1,3-9,16-17H,2,10-15,18H2,(H,28,31).